The Hall–Kier alpha value is -0.980. The summed E-state index contributed by atoms with van der Waals surface area (Å²) >= 11 is 0. The second-order valence-electron chi connectivity index (χ2n) is 4.19. The minimum Gasteiger partial charge on any atom is -0.494 e. The molecular weight excluding hydrogens is 196 g/mol. The summed E-state index contributed by atoms with van der Waals surface area (Å²) in [5, 5.41) is 0. The molecular formula is C15H24O. The first-order chi connectivity index (χ1) is 7.81. The quantitative estimate of drug-likeness (QED) is 0.620. The zero-order valence-electron chi connectivity index (χ0n) is 10.9. The number of rotatable bonds is 7. The molecule has 0 heterocycles. The van der Waals surface area contributed by atoms with E-state index >= 15 is 0 Å². The Balaban J connectivity index is 2.54. The molecule has 0 aliphatic rings. The molecule has 0 aliphatic heterocycles. The van der Waals surface area contributed by atoms with Crippen molar-refractivity contribution >= 4 is 0 Å². The average Bonchev–Trinajstić information content (AvgIpc) is 2.34. The topological polar surface area (TPSA) is 9.23 Å². The van der Waals surface area contributed by atoms with Gasteiger partial charge in [0.05, 0.1) is 6.61 Å². The SMILES string of the molecule is CCCCCOc1ccc(CC)c(CC)c1. The molecule has 0 atom stereocenters. The third kappa shape index (κ3) is 3.88. The first-order valence-electron chi connectivity index (χ1n) is 6.56. The number of hydrogen-bond acceptors (Lipinski definition) is 1. The predicted octanol–water partition coefficient (Wildman–Crippen LogP) is 4.38. The minimum atomic E-state index is 0.850. The summed E-state index contributed by atoms with van der Waals surface area (Å²) in [4.78, 5) is 0. The maximum atomic E-state index is 5.75. The van der Waals surface area contributed by atoms with E-state index in [1.54, 1.807) is 0 Å². The van der Waals surface area contributed by atoms with Crippen LogP contribution in [-0.4, -0.2) is 6.61 Å². The molecule has 1 rings (SSSR count). The molecule has 0 amide bonds. The highest BCUT2D eigenvalue weighted by molar-refractivity contribution is 5.35. The van der Waals surface area contributed by atoms with Crippen LogP contribution in [0.25, 0.3) is 0 Å². The van der Waals surface area contributed by atoms with Crippen molar-refractivity contribution in [3.05, 3.63) is 29.3 Å². The summed E-state index contributed by atoms with van der Waals surface area (Å²) in [5.41, 5.74) is 2.87. The molecule has 16 heavy (non-hydrogen) atoms. The van der Waals surface area contributed by atoms with E-state index in [0.29, 0.717) is 0 Å². The lowest BCUT2D eigenvalue weighted by atomic mass is 10.0. The van der Waals surface area contributed by atoms with Crippen molar-refractivity contribution in [1.29, 1.82) is 0 Å². The van der Waals surface area contributed by atoms with E-state index in [-0.39, 0.29) is 0 Å². The molecule has 0 saturated heterocycles. The van der Waals surface area contributed by atoms with Crippen molar-refractivity contribution in [1.82, 2.24) is 0 Å². The van der Waals surface area contributed by atoms with Gasteiger partial charge in [-0.1, -0.05) is 39.7 Å². The third-order valence-corrected chi connectivity index (χ3v) is 2.96. The van der Waals surface area contributed by atoms with Gasteiger partial charge < -0.3 is 4.74 Å². The van der Waals surface area contributed by atoms with E-state index in [0.717, 1.165) is 31.6 Å². The van der Waals surface area contributed by atoms with Crippen LogP contribution >= 0.6 is 0 Å². The second kappa shape index (κ2) is 7.32. The van der Waals surface area contributed by atoms with Crippen LogP contribution in [0.2, 0.25) is 0 Å². The van der Waals surface area contributed by atoms with Gasteiger partial charge in [0.25, 0.3) is 0 Å². The summed E-state index contributed by atoms with van der Waals surface area (Å²) in [6.07, 6.45) is 5.87. The zero-order valence-corrected chi connectivity index (χ0v) is 10.9. The van der Waals surface area contributed by atoms with Gasteiger partial charge in [0.2, 0.25) is 0 Å². The van der Waals surface area contributed by atoms with Gasteiger partial charge in [-0.05, 0) is 42.5 Å². The van der Waals surface area contributed by atoms with Crippen LogP contribution in [0.1, 0.15) is 51.2 Å². The Morgan fingerprint density at radius 3 is 2.31 bits per heavy atom. The van der Waals surface area contributed by atoms with Gasteiger partial charge in [-0.2, -0.15) is 0 Å². The molecule has 1 nitrogen and oxygen atoms in total. The van der Waals surface area contributed by atoms with Crippen molar-refractivity contribution in [2.24, 2.45) is 0 Å². The Bertz CT molecular complexity index is 304. The van der Waals surface area contributed by atoms with E-state index < -0.39 is 0 Å². The van der Waals surface area contributed by atoms with Gasteiger partial charge >= 0.3 is 0 Å². The molecule has 0 fully saturated rings. The fourth-order valence-electron chi connectivity index (χ4n) is 1.91. The number of ether oxygens (including phenoxy) is 1. The van der Waals surface area contributed by atoms with Crippen LogP contribution in [0.4, 0.5) is 0 Å². The van der Waals surface area contributed by atoms with Gasteiger partial charge in [0.1, 0.15) is 5.75 Å². The van der Waals surface area contributed by atoms with E-state index in [2.05, 4.69) is 39.0 Å². The second-order valence-corrected chi connectivity index (χ2v) is 4.19. The largest absolute Gasteiger partial charge is 0.494 e. The van der Waals surface area contributed by atoms with E-state index in [1.807, 2.05) is 0 Å². The maximum absolute atomic E-state index is 5.75. The minimum absolute atomic E-state index is 0.850. The van der Waals surface area contributed by atoms with Crippen molar-refractivity contribution in [2.45, 2.75) is 52.9 Å². The van der Waals surface area contributed by atoms with Gasteiger partial charge in [-0.3, -0.25) is 0 Å². The number of hydrogen-bond donors (Lipinski definition) is 0. The molecule has 0 N–H and O–H groups in total. The van der Waals surface area contributed by atoms with Crippen LogP contribution in [-0.2, 0) is 12.8 Å². The molecule has 0 unspecified atom stereocenters. The van der Waals surface area contributed by atoms with Crippen molar-refractivity contribution in [2.75, 3.05) is 6.61 Å². The van der Waals surface area contributed by atoms with Crippen LogP contribution in [0.3, 0.4) is 0 Å². The molecule has 0 aliphatic carbocycles. The summed E-state index contributed by atoms with van der Waals surface area (Å²) in [5.74, 6) is 1.03. The van der Waals surface area contributed by atoms with Gasteiger partial charge in [0, 0.05) is 0 Å². The van der Waals surface area contributed by atoms with E-state index in [1.165, 1.54) is 24.0 Å². The summed E-state index contributed by atoms with van der Waals surface area (Å²) in [7, 11) is 0. The third-order valence-electron chi connectivity index (χ3n) is 2.96. The lowest BCUT2D eigenvalue weighted by Crippen LogP contribution is -1.99. The molecule has 0 radical (unpaired) electrons. The van der Waals surface area contributed by atoms with Crippen molar-refractivity contribution < 1.29 is 4.74 Å². The summed E-state index contributed by atoms with van der Waals surface area (Å²) in [6.45, 7) is 7.47. The summed E-state index contributed by atoms with van der Waals surface area (Å²) in [6, 6.07) is 6.50. The monoisotopic (exact) mass is 220 g/mol. The molecule has 0 aromatic heterocycles. The molecule has 0 saturated carbocycles. The predicted molar refractivity (Wildman–Crippen MR) is 70.2 cm³/mol. The fourth-order valence-corrected chi connectivity index (χ4v) is 1.91. The fraction of sp³-hybridized carbons (Fsp3) is 0.600. The van der Waals surface area contributed by atoms with Gasteiger partial charge in [0.15, 0.2) is 0 Å². The van der Waals surface area contributed by atoms with Crippen LogP contribution in [0, 0.1) is 0 Å². The highest BCUT2D eigenvalue weighted by Gasteiger charge is 2.01. The Kier molecular flexibility index (Phi) is 5.99. The normalized spacial score (nSPS) is 10.4. The molecule has 90 valence electrons. The maximum Gasteiger partial charge on any atom is 0.119 e. The Morgan fingerprint density at radius 2 is 1.69 bits per heavy atom. The van der Waals surface area contributed by atoms with Crippen molar-refractivity contribution in [3.8, 4) is 5.75 Å². The number of aryl methyl sites for hydroxylation is 2. The van der Waals surface area contributed by atoms with E-state index in [9.17, 15) is 0 Å². The van der Waals surface area contributed by atoms with Crippen LogP contribution < -0.4 is 4.74 Å². The molecule has 1 aromatic carbocycles. The molecule has 0 bridgehead atoms. The van der Waals surface area contributed by atoms with Crippen LogP contribution in [0.15, 0.2) is 18.2 Å². The lowest BCUT2D eigenvalue weighted by Gasteiger charge is -2.10. The van der Waals surface area contributed by atoms with Crippen molar-refractivity contribution in [3.63, 3.8) is 0 Å². The molecule has 0 spiro atoms. The van der Waals surface area contributed by atoms with E-state index in [4.69, 9.17) is 4.74 Å². The van der Waals surface area contributed by atoms with Gasteiger partial charge in [-0.15, -0.1) is 0 Å². The highest BCUT2D eigenvalue weighted by Crippen LogP contribution is 2.19. The summed E-state index contributed by atoms with van der Waals surface area (Å²) < 4.78 is 5.75. The first-order valence-corrected chi connectivity index (χ1v) is 6.56. The zero-order chi connectivity index (χ0) is 11.8. The molecule has 1 heteroatoms. The molecule has 1 aromatic rings. The first kappa shape index (κ1) is 13.1. The van der Waals surface area contributed by atoms with Gasteiger partial charge in [-0.25, -0.2) is 0 Å². The smallest absolute Gasteiger partial charge is 0.119 e. The Labute approximate surface area is 99.8 Å². The standard InChI is InChI=1S/C15H24O/c1-4-7-8-11-16-15-10-9-13(5-2)14(6-3)12-15/h9-10,12H,4-8,11H2,1-3H3. The average molecular weight is 220 g/mol. The lowest BCUT2D eigenvalue weighted by molar-refractivity contribution is 0.306. The highest BCUT2D eigenvalue weighted by atomic mass is 16.5. The Morgan fingerprint density at radius 1 is 0.938 bits per heavy atom. The van der Waals surface area contributed by atoms with Crippen LogP contribution in [0.5, 0.6) is 5.75 Å². The number of unbranched alkanes of at least 4 members (excludes halogenated alkanes) is 2. The number of benzene rings is 1.